The van der Waals surface area contributed by atoms with Gasteiger partial charge in [0.25, 0.3) is 0 Å². The van der Waals surface area contributed by atoms with Gasteiger partial charge in [0.15, 0.2) is 0 Å². The summed E-state index contributed by atoms with van der Waals surface area (Å²) >= 11 is 0. The number of esters is 1. The summed E-state index contributed by atoms with van der Waals surface area (Å²) in [4.78, 5) is 94.1. The van der Waals surface area contributed by atoms with Crippen LogP contribution in [0.5, 0.6) is 11.5 Å². The van der Waals surface area contributed by atoms with E-state index in [9.17, 15) is 43.8 Å². The number of hydrogen-bond acceptors (Lipinski definition) is 11. The molecule has 4 rings (SSSR count). The van der Waals surface area contributed by atoms with Gasteiger partial charge in [-0.1, -0.05) is 85.7 Å². The Kier molecular flexibility index (Phi) is 18.7. The molecule has 7 N–H and O–H groups in total. The van der Waals surface area contributed by atoms with E-state index in [1.54, 1.807) is 62.4 Å². The smallest absolute Gasteiger partial charge is 0.339 e. The van der Waals surface area contributed by atoms with Gasteiger partial charge in [-0.2, -0.15) is 10.2 Å². The number of nitrogens with one attached hydrogen (secondary N) is 5. The first-order chi connectivity index (χ1) is 30.7. The van der Waals surface area contributed by atoms with Crippen LogP contribution < -0.4 is 31.3 Å². The van der Waals surface area contributed by atoms with Gasteiger partial charge in [-0.25, -0.2) is 4.79 Å². The van der Waals surface area contributed by atoms with Crippen molar-refractivity contribution in [2.45, 2.75) is 124 Å². The van der Waals surface area contributed by atoms with Crippen molar-refractivity contribution in [1.29, 1.82) is 0 Å². The fourth-order valence-corrected chi connectivity index (χ4v) is 7.22. The number of amides is 5. The van der Waals surface area contributed by atoms with Crippen molar-refractivity contribution in [2.24, 2.45) is 33.9 Å². The highest BCUT2D eigenvalue weighted by Gasteiger charge is 2.36. The number of hydrogen-bond donors (Lipinski definition) is 7. The number of carbonyl (C=O) groups excluding carboxylic acids is 6. The Hall–Kier alpha value is -6.65. The number of nitrogens with zero attached hydrogens (tertiary/aromatic N) is 2. The zero-order valence-corrected chi connectivity index (χ0v) is 38.3. The molecule has 5 atom stereocenters. The van der Waals surface area contributed by atoms with Crippen LogP contribution in [0.25, 0.3) is 0 Å². The van der Waals surface area contributed by atoms with Gasteiger partial charge in [0.1, 0.15) is 47.3 Å². The molecule has 1 aliphatic rings. The molecule has 65 heavy (non-hydrogen) atoms. The molecule has 3 aromatic rings. The maximum absolute atomic E-state index is 14.2. The number of aryl methyl sites for hydroxylation is 1. The van der Waals surface area contributed by atoms with Crippen molar-refractivity contribution in [2.75, 3.05) is 0 Å². The zero-order valence-electron chi connectivity index (χ0n) is 38.3. The van der Waals surface area contributed by atoms with E-state index < -0.39 is 77.4 Å². The number of benzene rings is 3. The Bertz CT molecular complexity index is 2210. The van der Waals surface area contributed by atoms with Gasteiger partial charge in [-0.3, -0.25) is 28.8 Å². The van der Waals surface area contributed by atoms with Crippen LogP contribution in [0, 0.1) is 23.7 Å². The van der Waals surface area contributed by atoms with Crippen molar-refractivity contribution < 1.29 is 48.5 Å². The van der Waals surface area contributed by atoms with E-state index in [1.165, 1.54) is 18.2 Å². The number of aromatic hydroxyl groups is 1. The van der Waals surface area contributed by atoms with Crippen LogP contribution in [-0.4, -0.2) is 81.9 Å². The van der Waals surface area contributed by atoms with E-state index in [2.05, 4.69) is 36.8 Å². The summed E-state index contributed by atoms with van der Waals surface area (Å²) in [5.74, 6) is -5.39. The largest absolute Gasteiger partial charge is 0.507 e. The minimum absolute atomic E-state index is 0.00155. The number of rotatable bonds is 16. The normalized spacial score (nSPS) is 20.2. The number of carboxylic acids is 1. The number of ether oxygens (including phenoxy) is 1. The molecule has 0 bridgehead atoms. The highest BCUT2D eigenvalue weighted by Crippen LogP contribution is 2.27. The first kappa shape index (κ1) is 51.0. The van der Waals surface area contributed by atoms with E-state index in [0.717, 1.165) is 0 Å². The number of azo groups is 1. The third-order valence-corrected chi connectivity index (χ3v) is 10.6. The second-order valence-electron chi connectivity index (χ2n) is 18.0. The van der Waals surface area contributed by atoms with Crippen LogP contribution in [0.1, 0.15) is 103 Å². The first-order valence-electron chi connectivity index (χ1n) is 22.1. The molecular weight excluding hydrogens is 835 g/mol. The van der Waals surface area contributed by atoms with Gasteiger partial charge >= 0.3 is 11.9 Å². The number of carbonyl (C=O) groups is 7. The van der Waals surface area contributed by atoms with Crippen molar-refractivity contribution in [3.05, 3.63) is 83.4 Å². The SMILES string of the molecule is CC(C)CC1NC(=O)C(Cc2ccc(OC(=O)CCc3ccccc3N=Nc3ccc(O)c(C(=O)O)c3)cc2)NC(=O)C(CC(C)C)NC(=O)C(C(C)C)NC(=O)C(CC(C)C)NC1=O. The standard InChI is InChI=1S/C48H63N7O10/c1-26(2)21-36-43(58)50-38(23-28(5)6)46(61)53-42(29(7)8)47(62)52-37(22-27(3)4)44(59)51-39(45(60)49-36)24-30-13-17-33(18-14-30)65-41(57)20-15-31-11-9-10-12-35(31)55-54-32-16-19-40(56)34(25-32)48(63)64/h9-14,16-19,25-29,36-39,42,56H,15,20-24H2,1-8H3,(H,49,60)(H,50,58)(H,51,59)(H,52,62)(H,53,61)(H,63,64). The van der Waals surface area contributed by atoms with E-state index in [1.807, 2.05) is 41.5 Å². The van der Waals surface area contributed by atoms with Crippen LogP contribution in [0.3, 0.4) is 0 Å². The molecule has 17 heteroatoms. The molecule has 1 aliphatic heterocycles. The number of phenols is 1. The number of carboxylic acid groups (broad SMARTS) is 1. The van der Waals surface area contributed by atoms with Gasteiger partial charge < -0.3 is 41.5 Å². The summed E-state index contributed by atoms with van der Waals surface area (Å²) in [6.07, 6.45) is 0.952. The minimum atomic E-state index is -1.31. The Morgan fingerprint density at radius 1 is 0.631 bits per heavy atom. The summed E-state index contributed by atoms with van der Waals surface area (Å²) in [6, 6.07) is 11.9. The Labute approximate surface area is 380 Å². The summed E-state index contributed by atoms with van der Waals surface area (Å²) in [5, 5.41) is 41.6. The van der Waals surface area contributed by atoms with E-state index in [-0.39, 0.29) is 79.2 Å². The van der Waals surface area contributed by atoms with Crippen LogP contribution >= 0.6 is 0 Å². The fourth-order valence-electron chi connectivity index (χ4n) is 7.22. The first-order valence-corrected chi connectivity index (χ1v) is 22.1. The number of aromatic carboxylic acids is 1. The maximum atomic E-state index is 14.2. The lowest BCUT2D eigenvalue weighted by atomic mass is 9.98. The fraction of sp³-hybridized carbons (Fsp3) is 0.479. The summed E-state index contributed by atoms with van der Waals surface area (Å²) in [5.41, 5.74) is 1.63. The second kappa shape index (κ2) is 23.9. The summed E-state index contributed by atoms with van der Waals surface area (Å²) in [7, 11) is 0. The molecular formula is C48H63N7O10. The molecule has 1 fully saturated rings. The van der Waals surface area contributed by atoms with Crippen LogP contribution in [-0.2, 0) is 41.6 Å². The van der Waals surface area contributed by atoms with E-state index >= 15 is 0 Å². The van der Waals surface area contributed by atoms with Crippen LogP contribution in [0.4, 0.5) is 11.4 Å². The zero-order chi connectivity index (χ0) is 48.0. The average Bonchev–Trinajstić information content (AvgIpc) is 3.23. The van der Waals surface area contributed by atoms with Crippen molar-refractivity contribution >= 4 is 52.8 Å². The highest BCUT2D eigenvalue weighted by molar-refractivity contribution is 5.98. The minimum Gasteiger partial charge on any atom is -0.507 e. The molecule has 350 valence electrons. The van der Waals surface area contributed by atoms with Crippen molar-refractivity contribution in [1.82, 2.24) is 26.6 Å². The third kappa shape index (κ3) is 15.8. The van der Waals surface area contributed by atoms with Crippen LogP contribution in [0.2, 0.25) is 0 Å². The lowest BCUT2D eigenvalue weighted by Crippen LogP contribution is -2.59. The molecule has 5 amide bonds. The second-order valence-corrected chi connectivity index (χ2v) is 18.0. The molecule has 3 aromatic carbocycles. The quantitative estimate of drug-likeness (QED) is 0.0515. The monoisotopic (exact) mass is 897 g/mol. The molecule has 5 unspecified atom stereocenters. The van der Waals surface area contributed by atoms with Crippen LogP contribution in [0.15, 0.2) is 77.0 Å². The van der Waals surface area contributed by atoms with Gasteiger partial charge in [-0.05, 0) is 96.9 Å². The summed E-state index contributed by atoms with van der Waals surface area (Å²) in [6.45, 7) is 14.9. The van der Waals surface area contributed by atoms with Crippen molar-refractivity contribution in [3.8, 4) is 11.5 Å². The molecule has 0 aliphatic carbocycles. The van der Waals surface area contributed by atoms with Gasteiger partial charge in [0.05, 0.1) is 17.8 Å². The van der Waals surface area contributed by atoms with Gasteiger partial charge in [0.2, 0.25) is 29.5 Å². The predicted octanol–water partition coefficient (Wildman–Crippen LogP) is 5.82. The summed E-state index contributed by atoms with van der Waals surface area (Å²) < 4.78 is 5.61. The Balaban J connectivity index is 1.54. The Morgan fingerprint density at radius 2 is 1.14 bits per heavy atom. The molecule has 0 radical (unpaired) electrons. The predicted molar refractivity (Wildman–Crippen MR) is 243 cm³/mol. The molecule has 1 saturated heterocycles. The lowest BCUT2D eigenvalue weighted by Gasteiger charge is -2.28. The third-order valence-electron chi connectivity index (χ3n) is 10.6. The maximum Gasteiger partial charge on any atom is 0.339 e. The molecule has 17 nitrogen and oxygen atoms in total. The Morgan fingerprint density at radius 3 is 1.68 bits per heavy atom. The average molecular weight is 898 g/mol. The molecule has 1 heterocycles. The van der Waals surface area contributed by atoms with Crippen molar-refractivity contribution in [3.63, 3.8) is 0 Å². The van der Waals surface area contributed by atoms with E-state index in [4.69, 9.17) is 4.74 Å². The van der Waals surface area contributed by atoms with Gasteiger partial charge in [-0.15, -0.1) is 0 Å². The highest BCUT2D eigenvalue weighted by atomic mass is 16.5. The molecule has 0 saturated carbocycles. The molecule has 0 aromatic heterocycles. The van der Waals surface area contributed by atoms with E-state index in [0.29, 0.717) is 16.8 Å². The topological polar surface area (TPSA) is 254 Å². The lowest BCUT2D eigenvalue weighted by molar-refractivity contribution is -0.135. The van der Waals surface area contributed by atoms with Gasteiger partial charge in [0, 0.05) is 6.42 Å². The molecule has 0 spiro atoms.